The molecule has 2 aliphatic heterocycles. The highest BCUT2D eigenvalue weighted by atomic mass is 32.2. The number of nitrogens with two attached hydrogens (primary N) is 1. The Bertz CT molecular complexity index is 1710. The number of pyridine rings is 1. The van der Waals surface area contributed by atoms with E-state index in [4.69, 9.17) is 11.0 Å². The van der Waals surface area contributed by atoms with Gasteiger partial charge in [0.1, 0.15) is 22.8 Å². The Labute approximate surface area is 249 Å². The maximum atomic E-state index is 13.1. The van der Waals surface area contributed by atoms with Gasteiger partial charge >= 0.3 is 5.97 Å². The van der Waals surface area contributed by atoms with E-state index in [9.17, 15) is 28.7 Å². The summed E-state index contributed by atoms with van der Waals surface area (Å²) in [4.78, 5) is 62.2. The zero-order valence-electron chi connectivity index (χ0n) is 21.7. The van der Waals surface area contributed by atoms with Gasteiger partial charge in [0.15, 0.2) is 30.3 Å². The molecular formula is C24H20FN10O6S2+. The lowest BCUT2D eigenvalue weighted by atomic mass is 10.0. The number of hydrogen-bond donors (Lipinski definition) is 5. The number of carbonyl (C=O) groups is 4. The maximum absolute atomic E-state index is 13.1. The van der Waals surface area contributed by atoms with E-state index >= 15 is 0 Å². The molecule has 0 bridgehead atoms. The first-order chi connectivity index (χ1) is 20.7. The van der Waals surface area contributed by atoms with E-state index in [2.05, 4.69) is 29.7 Å². The number of β-lactam (4-membered cyclic amide) rings is 1. The van der Waals surface area contributed by atoms with Gasteiger partial charge in [-0.15, -0.1) is 11.8 Å². The fourth-order valence-electron chi connectivity index (χ4n) is 4.40. The number of aromatic amines is 1. The topological polar surface area (TPSA) is 233 Å². The molecule has 0 aromatic carbocycles. The Hall–Kier alpha value is -5.35. The Morgan fingerprint density at radius 1 is 1.35 bits per heavy atom. The minimum atomic E-state index is -1.32. The molecule has 0 unspecified atom stereocenters. The number of hydrogen-bond acceptors (Lipinski definition) is 12. The number of carboxylic acids is 1. The summed E-state index contributed by atoms with van der Waals surface area (Å²) in [5, 5.41) is 25.8. The van der Waals surface area contributed by atoms with Gasteiger partial charge in [-0.05, 0) is 11.6 Å². The number of amides is 3. The summed E-state index contributed by atoms with van der Waals surface area (Å²) >= 11 is 2.04. The molecule has 5 heterocycles. The van der Waals surface area contributed by atoms with Crippen LogP contribution in [0.4, 0.5) is 9.52 Å². The number of oxime groups is 1. The Kier molecular flexibility index (Phi) is 8.31. The number of carboxylic acid groups (broad SMARTS) is 1. The number of aliphatic carboxylic acids is 1. The normalized spacial score (nSPS) is 17.9. The summed E-state index contributed by atoms with van der Waals surface area (Å²) in [6.07, 6.45) is 6.63. The van der Waals surface area contributed by atoms with Crippen molar-refractivity contribution in [1.29, 1.82) is 5.26 Å². The molecule has 5 rings (SSSR count). The number of alkyl halides is 1. The van der Waals surface area contributed by atoms with Crippen molar-refractivity contribution >= 4 is 57.8 Å². The highest BCUT2D eigenvalue weighted by Gasteiger charge is 2.55. The van der Waals surface area contributed by atoms with Gasteiger partial charge in [-0.3, -0.25) is 24.6 Å². The summed E-state index contributed by atoms with van der Waals surface area (Å²) in [6.45, 7) is -1.16. The molecule has 3 aromatic rings. The number of nitrogens with one attached hydrogen (secondary N) is 3. The van der Waals surface area contributed by atoms with Gasteiger partial charge in [-0.2, -0.15) is 14.6 Å². The van der Waals surface area contributed by atoms with E-state index in [0.29, 0.717) is 11.1 Å². The van der Waals surface area contributed by atoms with Crippen LogP contribution in [0.2, 0.25) is 0 Å². The standard InChI is InChI=1S/C24H19FN10O6S2/c25-9-41-32-15(18-31-24(27)43-33-18)20(37)30-16-21(38)35-17(23(39)40)13(8-42-22(16)35)7-34-3-1-11(2-4-34)12-5-14(28-6-12)19(36)29-10-26/h1-6,16,22H,7-9H2,(H5,27,29,30,31,33,36,37,39,40)/p+1/b32-15-/t16-,22-/m1/s1. The number of nitrogen functional groups attached to an aromatic ring is 1. The van der Waals surface area contributed by atoms with E-state index in [1.807, 2.05) is 5.32 Å². The number of aromatic nitrogens is 4. The Balaban J connectivity index is 1.29. The Morgan fingerprint density at radius 2 is 2.12 bits per heavy atom. The quantitative estimate of drug-likeness (QED) is 0.0489. The molecular weight excluding hydrogens is 607 g/mol. The van der Waals surface area contributed by atoms with Crippen molar-refractivity contribution < 1.29 is 38.1 Å². The van der Waals surface area contributed by atoms with Crippen molar-refractivity contribution in [3.63, 3.8) is 0 Å². The third-order valence-electron chi connectivity index (χ3n) is 6.30. The van der Waals surface area contributed by atoms with E-state index in [1.165, 1.54) is 11.8 Å². The first-order valence-corrected chi connectivity index (χ1v) is 14.0. The number of nitrogens with zero attached hydrogens (tertiary/aromatic N) is 6. The first-order valence-electron chi connectivity index (χ1n) is 12.2. The summed E-state index contributed by atoms with van der Waals surface area (Å²) in [5.41, 5.74) is 7.04. The van der Waals surface area contributed by atoms with Crippen LogP contribution in [0.15, 0.2) is 53.2 Å². The van der Waals surface area contributed by atoms with Crippen LogP contribution < -0.4 is 20.9 Å². The van der Waals surface area contributed by atoms with Gasteiger partial charge in [0.25, 0.3) is 24.6 Å². The van der Waals surface area contributed by atoms with E-state index in [0.717, 1.165) is 22.0 Å². The number of carbonyl (C=O) groups excluding carboxylic acids is 3. The highest BCUT2D eigenvalue weighted by molar-refractivity contribution is 8.00. The lowest BCUT2D eigenvalue weighted by molar-refractivity contribution is -0.689. The summed E-state index contributed by atoms with van der Waals surface area (Å²) in [7, 11) is 0. The van der Waals surface area contributed by atoms with E-state index in [-0.39, 0.29) is 34.6 Å². The Morgan fingerprint density at radius 3 is 2.77 bits per heavy atom. The smallest absolute Gasteiger partial charge is 0.352 e. The van der Waals surface area contributed by atoms with E-state index < -0.39 is 47.7 Å². The molecule has 1 fully saturated rings. The van der Waals surface area contributed by atoms with Gasteiger partial charge in [0.05, 0.1) is 0 Å². The number of thioether (sulfide) groups is 1. The summed E-state index contributed by atoms with van der Waals surface area (Å²) in [5.74, 6) is -3.40. The largest absolute Gasteiger partial charge is 0.477 e. The third-order valence-corrected chi connectivity index (χ3v) is 8.19. The first kappa shape index (κ1) is 29.2. The number of halogens is 1. The predicted molar refractivity (Wildman–Crippen MR) is 147 cm³/mol. The van der Waals surface area contributed by atoms with Gasteiger partial charge in [-0.25, -0.2) is 13.8 Å². The molecule has 43 heavy (non-hydrogen) atoms. The van der Waals surface area contributed by atoms with Crippen molar-refractivity contribution in [2.75, 3.05) is 18.3 Å². The lowest BCUT2D eigenvalue weighted by Gasteiger charge is -2.49. The van der Waals surface area contributed by atoms with Crippen LogP contribution in [-0.4, -0.2) is 77.8 Å². The van der Waals surface area contributed by atoms with Crippen LogP contribution in [0.25, 0.3) is 11.1 Å². The van der Waals surface area contributed by atoms with Crippen molar-refractivity contribution in [1.82, 2.24) is 29.9 Å². The minimum absolute atomic E-state index is 0.0282. The van der Waals surface area contributed by atoms with Crippen molar-refractivity contribution in [2.45, 2.75) is 18.0 Å². The molecule has 3 aromatic heterocycles. The van der Waals surface area contributed by atoms with Crippen LogP contribution in [0, 0.1) is 11.5 Å². The monoisotopic (exact) mass is 627 g/mol. The van der Waals surface area contributed by atoms with Crippen molar-refractivity contribution in [3.8, 4) is 17.3 Å². The second-order valence-corrected chi connectivity index (χ2v) is 10.8. The number of H-pyrrole nitrogens is 1. The predicted octanol–water partition coefficient (Wildman–Crippen LogP) is -0.300. The van der Waals surface area contributed by atoms with E-state index in [1.54, 1.807) is 47.5 Å². The lowest BCUT2D eigenvalue weighted by Crippen LogP contribution is -2.71. The van der Waals surface area contributed by atoms with Crippen LogP contribution in [-0.2, 0) is 25.8 Å². The second kappa shape index (κ2) is 12.3. The fourth-order valence-corrected chi connectivity index (χ4v) is 6.17. The summed E-state index contributed by atoms with van der Waals surface area (Å²) in [6, 6.07) is 4.04. The average molecular weight is 628 g/mol. The molecule has 0 saturated carbocycles. The third kappa shape index (κ3) is 5.86. The highest BCUT2D eigenvalue weighted by Crippen LogP contribution is 2.40. The molecule has 0 spiro atoms. The van der Waals surface area contributed by atoms with Crippen LogP contribution >= 0.6 is 23.3 Å². The summed E-state index contributed by atoms with van der Waals surface area (Å²) < 4.78 is 18.1. The zero-order valence-corrected chi connectivity index (χ0v) is 23.3. The molecule has 19 heteroatoms. The SMILES string of the molecule is N#CNC(=O)c1cc(-c2cc[n+](CC3=C(C(=O)O)N4C(=O)[C@@H](NC(=O)/C(=N\OCF)c5nsc(N)n5)[C@H]4SC3)cc2)c[nH]1. The molecule has 1 saturated heterocycles. The minimum Gasteiger partial charge on any atom is -0.477 e. The molecule has 220 valence electrons. The van der Waals surface area contributed by atoms with Crippen LogP contribution in [0.5, 0.6) is 0 Å². The fraction of sp³-hybridized carbons (Fsp3) is 0.208. The zero-order chi connectivity index (χ0) is 30.7. The van der Waals surface area contributed by atoms with Crippen LogP contribution in [0.1, 0.15) is 16.3 Å². The van der Waals surface area contributed by atoms with Crippen molar-refractivity contribution in [3.05, 3.63) is 59.6 Å². The van der Waals surface area contributed by atoms with Gasteiger partial charge in [0.2, 0.25) is 11.5 Å². The van der Waals surface area contributed by atoms with Crippen molar-refractivity contribution in [2.24, 2.45) is 5.16 Å². The number of nitriles is 1. The molecule has 2 aliphatic rings. The molecule has 3 amide bonds. The molecule has 6 N–H and O–H groups in total. The molecule has 2 atom stereocenters. The average Bonchev–Trinajstić information content (AvgIpc) is 3.66. The van der Waals surface area contributed by atoms with Crippen LogP contribution in [0.3, 0.4) is 0 Å². The number of anilines is 1. The number of fused-ring (bicyclic) bond motifs is 1. The molecule has 0 radical (unpaired) electrons. The van der Waals surface area contributed by atoms with Gasteiger partial charge < -0.3 is 26.0 Å². The molecule has 16 nitrogen and oxygen atoms in total. The number of rotatable bonds is 10. The maximum Gasteiger partial charge on any atom is 0.352 e. The van der Waals surface area contributed by atoms with Gasteiger partial charge in [-0.1, -0.05) is 5.16 Å². The molecule has 0 aliphatic carbocycles. The second-order valence-electron chi connectivity index (χ2n) is 8.88. The van der Waals surface area contributed by atoms with Gasteiger partial charge in [0, 0.05) is 46.8 Å².